The van der Waals surface area contributed by atoms with Crippen molar-refractivity contribution in [2.45, 2.75) is 59.2 Å². The first-order valence-electron chi connectivity index (χ1n) is 7.12. The third kappa shape index (κ3) is 3.32. The van der Waals surface area contributed by atoms with Crippen LogP contribution in [-0.4, -0.2) is 38.5 Å². The van der Waals surface area contributed by atoms with Crippen LogP contribution in [0.2, 0.25) is 0 Å². The van der Waals surface area contributed by atoms with Crippen LogP contribution >= 0.6 is 0 Å². The van der Waals surface area contributed by atoms with Crippen LogP contribution in [0.1, 0.15) is 52.8 Å². The highest BCUT2D eigenvalue weighted by molar-refractivity contribution is 5.10. The molecule has 1 aromatic rings. The minimum absolute atomic E-state index is 0.00560. The van der Waals surface area contributed by atoms with E-state index in [0.29, 0.717) is 0 Å². The third-order valence-electron chi connectivity index (χ3n) is 3.83. The lowest BCUT2D eigenvalue weighted by Crippen LogP contribution is -2.54. The van der Waals surface area contributed by atoms with Crippen molar-refractivity contribution in [3.8, 4) is 0 Å². The minimum atomic E-state index is -0.106. The second-order valence-electron chi connectivity index (χ2n) is 5.31. The molecule has 6 nitrogen and oxygen atoms in total. The summed E-state index contributed by atoms with van der Waals surface area (Å²) in [5.74, 6) is 5.82. The van der Waals surface area contributed by atoms with Gasteiger partial charge in [0.1, 0.15) is 0 Å². The summed E-state index contributed by atoms with van der Waals surface area (Å²) in [6.07, 6.45) is 2.84. The molecule has 6 heteroatoms. The molecule has 0 amide bonds. The molecule has 0 aliphatic rings. The summed E-state index contributed by atoms with van der Waals surface area (Å²) in [4.78, 5) is 2.39. The lowest BCUT2D eigenvalue weighted by Gasteiger charge is -2.42. The van der Waals surface area contributed by atoms with Gasteiger partial charge in [-0.3, -0.25) is 10.7 Å². The lowest BCUT2D eigenvalue weighted by atomic mass is 9.90. The van der Waals surface area contributed by atoms with Gasteiger partial charge in [0.2, 0.25) is 0 Å². The summed E-state index contributed by atoms with van der Waals surface area (Å²) in [6, 6.07) is -0.00560. The number of hydrogen-bond acceptors (Lipinski definition) is 5. The average Bonchev–Trinajstić information content (AvgIpc) is 2.79. The molecule has 1 atom stereocenters. The van der Waals surface area contributed by atoms with E-state index < -0.39 is 0 Å². The second kappa shape index (κ2) is 6.98. The van der Waals surface area contributed by atoms with Crippen LogP contribution in [0.4, 0.5) is 0 Å². The molecule has 3 N–H and O–H groups in total. The van der Waals surface area contributed by atoms with Crippen molar-refractivity contribution in [1.29, 1.82) is 0 Å². The average molecular weight is 268 g/mol. The zero-order chi connectivity index (χ0) is 14.5. The fraction of sp³-hybridized carbons (Fsp3) is 0.846. The van der Waals surface area contributed by atoms with E-state index in [-0.39, 0.29) is 11.6 Å². The van der Waals surface area contributed by atoms with Gasteiger partial charge in [0.05, 0.1) is 17.9 Å². The summed E-state index contributed by atoms with van der Waals surface area (Å²) < 4.78 is 1.94. The maximum atomic E-state index is 5.82. The Bertz CT molecular complexity index is 369. The van der Waals surface area contributed by atoms with Gasteiger partial charge in [-0.05, 0) is 33.4 Å². The number of rotatable bonds is 8. The smallest absolute Gasteiger partial charge is 0.0823 e. The van der Waals surface area contributed by atoms with E-state index >= 15 is 0 Å². The number of nitrogens with two attached hydrogens (primary N) is 1. The molecule has 1 unspecified atom stereocenters. The van der Waals surface area contributed by atoms with Crippen molar-refractivity contribution in [3.63, 3.8) is 0 Å². The van der Waals surface area contributed by atoms with Crippen LogP contribution in [0.25, 0.3) is 0 Å². The SMILES string of the molecule is CCCn1nncc1C(NN)C(C)(C)N(CC)CC. The predicted molar refractivity (Wildman–Crippen MR) is 77.4 cm³/mol. The molecule has 0 fully saturated rings. The van der Waals surface area contributed by atoms with Gasteiger partial charge >= 0.3 is 0 Å². The molecule has 0 aliphatic carbocycles. The number of likely N-dealkylation sites (N-methyl/N-ethyl adjacent to an activating group) is 1. The van der Waals surface area contributed by atoms with E-state index in [1.807, 2.05) is 10.9 Å². The number of nitrogens with one attached hydrogen (secondary N) is 1. The van der Waals surface area contributed by atoms with E-state index in [0.717, 1.165) is 31.7 Å². The van der Waals surface area contributed by atoms with E-state index in [1.54, 1.807) is 0 Å². The number of nitrogens with zero attached hydrogens (tertiary/aromatic N) is 4. The van der Waals surface area contributed by atoms with Crippen LogP contribution in [-0.2, 0) is 6.54 Å². The molecular weight excluding hydrogens is 240 g/mol. The first-order chi connectivity index (χ1) is 9.02. The maximum Gasteiger partial charge on any atom is 0.0823 e. The third-order valence-corrected chi connectivity index (χ3v) is 3.83. The Balaban J connectivity index is 3.07. The normalized spacial score (nSPS) is 14.1. The van der Waals surface area contributed by atoms with Gasteiger partial charge in [0.15, 0.2) is 0 Å². The van der Waals surface area contributed by atoms with Crippen LogP contribution < -0.4 is 11.3 Å². The Labute approximate surface area is 116 Å². The summed E-state index contributed by atoms with van der Waals surface area (Å²) in [5.41, 5.74) is 3.89. The van der Waals surface area contributed by atoms with E-state index in [2.05, 4.69) is 55.3 Å². The molecule has 110 valence electrons. The zero-order valence-corrected chi connectivity index (χ0v) is 12.8. The molecule has 0 aromatic carbocycles. The molecule has 0 saturated heterocycles. The first-order valence-corrected chi connectivity index (χ1v) is 7.12. The Morgan fingerprint density at radius 3 is 2.47 bits per heavy atom. The Hall–Kier alpha value is -0.980. The summed E-state index contributed by atoms with van der Waals surface area (Å²) >= 11 is 0. The minimum Gasteiger partial charge on any atom is -0.297 e. The fourth-order valence-corrected chi connectivity index (χ4v) is 2.75. The van der Waals surface area contributed by atoms with Crippen molar-refractivity contribution in [3.05, 3.63) is 11.9 Å². The van der Waals surface area contributed by atoms with E-state index in [1.165, 1.54) is 0 Å². The highest BCUT2D eigenvalue weighted by Gasteiger charge is 2.36. The Morgan fingerprint density at radius 2 is 2.00 bits per heavy atom. The molecule has 0 saturated carbocycles. The molecule has 0 aliphatic heterocycles. The van der Waals surface area contributed by atoms with E-state index in [9.17, 15) is 0 Å². The standard InChI is InChI=1S/C13H28N6/c1-6-9-19-11(10-15-17-19)12(16-14)13(4,5)18(7-2)8-3/h10,12,16H,6-9,14H2,1-5H3. The number of hydrogen-bond donors (Lipinski definition) is 2. The summed E-state index contributed by atoms with van der Waals surface area (Å²) in [7, 11) is 0. The molecule has 1 aromatic heterocycles. The van der Waals surface area contributed by atoms with Gasteiger partial charge in [-0.2, -0.15) is 0 Å². The topological polar surface area (TPSA) is 72.0 Å². The van der Waals surface area contributed by atoms with Gasteiger partial charge in [-0.25, -0.2) is 10.1 Å². The van der Waals surface area contributed by atoms with Crippen molar-refractivity contribution in [1.82, 2.24) is 25.3 Å². The molecular formula is C13H28N6. The fourth-order valence-electron chi connectivity index (χ4n) is 2.75. The van der Waals surface area contributed by atoms with Crippen molar-refractivity contribution in [2.24, 2.45) is 5.84 Å². The molecule has 0 bridgehead atoms. The van der Waals surface area contributed by atoms with E-state index in [4.69, 9.17) is 5.84 Å². The molecule has 1 rings (SSSR count). The molecule has 0 radical (unpaired) electrons. The Kier molecular flexibility index (Phi) is 5.90. The number of aromatic nitrogens is 3. The maximum absolute atomic E-state index is 5.82. The van der Waals surface area contributed by atoms with Gasteiger partial charge in [0.25, 0.3) is 0 Å². The molecule has 0 spiro atoms. The van der Waals surface area contributed by atoms with Crippen LogP contribution in [0.3, 0.4) is 0 Å². The van der Waals surface area contributed by atoms with Crippen LogP contribution in [0, 0.1) is 0 Å². The van der Waals surface area contributed by atoms with Gasteiger partial charge in [-0.15, -0.1) is 5.10 Å². The van der Waals surface area contributed by atoms with Gasteiger partial charge < -0.3 is 0 Å². The van der Waals surface area contributed by atoms with Gasteiger partial charge in [-0.1, -0.05) is 26.0 Å². The molecule has 19 heavy (non-hydrogen) atoms. The van der Waals surface area contributed by atoms with Crippen molar-refractivity contribution < 1.29 is 0 Å². The Morgan fingerprint density at radius 1 is 1.37 bits per heavy atom. The van der Waals surface area contributed by atoms with Gasteiger partial charge in [0, 0.05) is 12.1 Å². The largest absolute Gasteiger partial charge is 0.297 e. The highest BCUT2D eigenvalue weighted by atomic mass is 15.4. The summed E-state index contributed by atoms with van der Waals surface area (Å²) in [5, 5.41) is 8.18. The lowest BCUT2D eigenvalue weighted by molar-refractivity contribution is 0.0874. The van der Waals surface area contributed by atoms with Crippen molar-refractivity contribution >= 4 is 0 Å². The van der Waals surface area contributed by atoms with Crippen LogP contribution in [0.5, 0.6) is 0 Å². The summed E-state index contributed by atoms with van der Waals surface area (Å²) in [6.45, 7) is 13.7. The molecule has 1 heterocycles. The van der Waals surface area contributed by atoms with Crippen LogP contribution in [0.15, 0.2) is 6.20 Å². The zero-order valence-electron chi connectivity index (χ0n) is 12.8. The van der Waals surface area contributed by atoms with Crippen molar-refractivity contribution in [2.75, 3.05) is 13.1 Å². The monoisotopic (exact) mass is 268 g/mol. The first kappa shape index (κ1) is 16.1. The number of aryl methyl sites for hydroxylation is 1. The second-order valence-corrected chi connectivity index (χ2v) is 5.31. The predicted octanol–water partition coefficient (Wildman–Crippen LogP) is 1.31. The highest BCUT2D eigenvalue weighted by Crippen LogP contribution is 2.29. The number of hydrazine groups is 1. The quantitative estimate of drug-likeness (QED) is 0.549.